The summed E-state index contributed by atoms with van der Waals surface area (Å²) in [7, 11) is 0. The molecule has 0 saturated heterocycles. The average molecular weight is 361 g/mol. The van der Waals surface area contributed by atoms with Gasteiger partial charge in [0.15, 0.2) is 0 Å². The lowest BCUT2D eigenvalue weighted by molar-refractivity contribution is -0.115. The monoisotopic (exact) mass is 361 g/mol. The number of thiophene rings is 1. The fraction of sp³-hybridized carbons (Fsp3) is 0.0500. The van der Waals surface area contributed by atoms with Crippen LogP contribution < -0.4 is 5.32 Å². The van der Waals surface area contributed by atoms with Crippen molar-refractivity contribution in [1.82, 2.24) is 10.1 Å². The SMILES string of the molecule is O=C(Cc1cccs1)Nc1cccc(-c2noc(-c3ccccc3)n2)c1. The minimum atomic E-state index is -0.0531. The number of hydrogen-bond acceptors (Lipinski definition) is 5. The van der Waals surface area contributed by atoms with Gasteiger partial charge in [-0.3, -0.25) is 4.79 Å². The number of carbonyl (C=O) groups is 1. The fourth-order valence-electron chi connectivity index (χ4n) is 2.55. The predicted molar refractivity (Wildman–Crippen MR) is 102 cm³/mol. The van der Waals surface area contributed by atoms with Gasteiger partial charge >= 0.3 is 0 Å². The van der Waals surface area contributed by atoms with E-state index >= 15 is 0 Å². The fourth-order valence-corrected chi connectivity index (χ4v) is 3.25. The molecule has 1 amide bonds. The molecular weight excluding hydrogens is 346 g/mol. The maximum Gasteiger partial charge on any atom is 0.258 e. The number of anilines is 1. The largest absolute Gasteiger partial charge is 0.334 e. The Labute approximate surface area is 154 Å². The average Bonchev–Trinajstić information content (AvgIpc) is 3.34. The minimum absolute atomic E-state index is 0.0531. The molecule has 0 saturated carbocycles. The highest BCUT2D eigenvalue weighted by molar-refractivity contribution is 7.10. The molecule has 4 aromatic rings. The molecule has 4 rings (SSSR count). The number of carbonyl (C=O) groups excluding carboxylic acids is 1. The van der Waals surface area contributed by atoms with Crippen LogP contribution in [0.2, 0.25) is 0 Å². The Morgan fingerprint density at radius 3 is 2.65 bits per heavy atom. The molecular formula is C20H15N3O2S. The molecule has 2 aromatic heterocycles. The van der Waals surface area contributed by atoms with E-state index in [1.54, 1.807) is 11.3 Å². The van der Waals surface area contributed by atoms with Crippen molar-refractivity contribution in [3.8, 4) is 22.8 Å². The molecule has 1 N–H and O–H groups in total. The Bertz CT molecular complexity index is 1010. The van der Waals surface area contributed by atoms with Crippen molar-refractivity contribution in [2.24, 2.45) is 0 Å². The van der Waals surface area contributed by atoms with Gasteiger partial charge < -0.3 is 9.84 Å². The minimum Gasteiger partial charge on any atom is -0.334 e. The standard InChI is InChI=1S/C20H15N3O2S/c24-18(13-17-10-5-11-26-17)21-16-9-4-8-15(12-16)19-22-20(25-23-19)14-6-2-1-3-7-14/h1-12H,13H2,(H,21,24). The van der Waals surface area contributed by atoms with Crippen LogP contribution in [0.4, 0.5) is 5.69 Å². The summed E-state index contributed by atoms with van der Waals surface area (Å²) in [6.07, 6.45) is 0.363. The van der Waals surface area contributed by atoms with Gasteiger partial charge in [0.1, 0.15) is 0 Å². The summed E-state index contributed by atoms with van der Waals surface area (Å²) in [5, 5.41) is 8.92. The molecule has 0 spiro atoms. The van der Waals surface area contributed by atoms with E-state index in [4.69, 9.17) is 4.52 Å². The highest BCUT2D eigenvalue weighted by Gasteiger charge is 2.11. The predicted octanol–water partition coefficient (Wildman–Crippen LogP) is 4.65. The second kappa shape index (κ2) is 7.33. The van der Waals surface area contributed by atoms with E-state index in [1.165, 1.54) is 0 Å². The number of amides is 1. The molecule has 2 heterocycles. The molecule has 0 aliphatic carbocycles. The van der Waals surface area contributed by atoms with Gasteiger partial charge in [0, 0.05) is 21.7 Å². The van der Waals surface area contributed by atoms with E-state index < -0.39 is 0 Å². The van der Waals surface area contributed by atoms with Crippen LogP contribution in [0, 0.1) is 0 Å². The van der Waals surface area contributed by atoms with Crippen LogP contribution in [0.15, 0.2) is 76.6 Å². The smallest absolute Gasteiger partial charge is 0.258 e. The van der Waals surface area contributed by atoms with Crippen molar-refractivity contribution < 1.29 is 9.32 Å². The summed E-state index contributed by atoms with van der Waals surface area (Å²) < 4.78 is 5.35. The van der Waals surface area contributed by atoms with E-state index in [2.05, 4.69) is 15.5 Å². The third kappa shape index (κ3) is 3.70. The number of aromatic nitrogens is 2. The molecule has 2 aromatic carbocycles. The number of nitrogens with zero attached hydrogens (tertiary/aromatic N) is 2. The van der Waals surface area contributed by atoms with E-state index in [0.29, 0.717) is 23.8 Å². The normalized spacial score (nSPS) is 10.6. The lowest BCUT2D eigenvalue weighted by Gasteiger charge is -2.05. The Morgan fingerprint density at radius 2 is 1.85 bits per heavy atom. The van der Waals surface area contributed by atoms with Crippen LogP contribution >= 0.6 is 11.3 Å². The van der Waals surface area contributed by atoms with E-state index in [-0.39, 0.29) is 5.91 Å². The molecule has 0 radical (unpaired) electrons. The van der Waals surface area contributed by atoms with Crippen molar-refractivity contribution in [3.63, 3.8) is 0 Å². The summed E-state index contributed by atoms with van der Waals surface area (Å²) in [6.45, 7) is 0. The zero-order valence-corrected chi connectivity index (χ0v) is 14.6. The van der Waals surface area contributed by atoms with Crippen molar-refractivity contribution in [1.29, 1.82) is 0 Å². The zero-order chi connectivity index (χ0) is 17.8. The zero-order valence-electron chi connectivity index (χ0n) is 13.8. The third-order valence-electron chi connectivity index (χ3n) is 3.77. The van der Waals surface area contributed by atoms with Gasteiger partial charge in [-0.05, 0) is 35.7 Å². The molecule has 0 bridgehead atoms. The maximum absolute atomic E-state index is 12.2. The van der Waals surface area contributed by atoms with Gasteiger partial charge in [-0.2, -0.15) is 4.98 Å². The first-order valence-corrected chi connectivity index (χ1v) is 8.98. The molecule has 0 fully saturated rings. The molecule has 5 nitrogen and oxygen atoms in total. The number of rotatable bonds is 5. The number of hydrogen-bond donors (Lipinski definition) is 1. The van der Waals surface area contributed by atoms with Crippen LogP contribution in [-0.4, -0.2) is 16.0 Å². The molecule has 0 aliphatic rings. The first kappa shape index (κ1) is 16.2. The van der Waals surface area contributed by atoms with E-state index in [0.717, 1.165) is 16.0 Å². The van der Waals surface area contributed by atoms with Gasteiger partial charge in [0.2, 0.25) is 11.7 Å². The van der Waals surface area contributed by atoms with Crippen LogP contribution in [0.5, 0.6) is 0 Å². The summed E-state index contributed by atoms with van der Waals surface area (Å²) in [5.41, 5.74) is 2.35. The second-order valence-electron chi connectivity index (χ2n) is 5.67. The summed E-state index contributed by atoms with van der Waals surface area (Å²) >= 11 is 1.57. The summed E-state index contributed by atoms with van der Waals surface area (Å²) in [6, 6.07) is 20.9. The molecule has 26 heavy (non-hydrogen) atoms. The quantitative estimate of drug-likeness (QED) is 0.562. The first-order valence-electron chi connectivity index (χ1n) is 8.10. The second-order valence-corrected chi connectivity index (χ2v) is 6.71. The highest BCUT2D eigenvalue weighted by Crippen LogP contribution is 2.24. The molecule has 0 unspecified atom stereocenters. The van der Waals surface area contributed by atoms with Crippen LogP contribution in [-0.2, 0) is 11.2 Å². The number of benzene rings is 2. The topological polar surface area (TPSA) is 68.0 Å². The Balaban J connectivity index is 1.51. The van der Waals surface area contributed by atoms with Gasteiger partial charge in [-0.1, -0.05) is 41.6 Å². The first-order chi connectivity index (χ1) is 12.8. The summed E-state index contributed by atoms with van der Waals surface area (Å²) in [4.78, 5) is 17.6. The molecule has 0 aliphatic heterocycles. The van der Waals surface area contributed by atoms with Crippen molar-refractivity contribution in [3.05, 3.63) is 77.0 Å². The number of nitrogens with one attached hydrogen (secondary N) is 1. The Morgan fingerprint density at radius 1 is 1.00 bits per heavy atom. The van der Waals surface area contributed by atoms with Gasteiger partial charge in [-0.15, -0.1) is 11.3 Å². The van der Waals surface area contributed by atoms with Crippen molar-refractivity contribution >= 4 is 22.9 Å². The van der Waals surface area contributed by atoms with Crippen LogP contribution in [0.3, 0.4) is 0 Å². The van der Waals surface area contributed by atoms with Crippen LogP contribution in [0.25, 0.3) is 22.8 Å². The van der Waals surface area contributed by atoms with Crippen molar-refractivity contribution in [2.45, 2.75) is 6.42 Å². The highest BCUT2D eigenvalue weighted by atomic mass is 32.1. The Kier molecular flexibility index (Phi) is 4.57. The van der Waals surface area contributed by atoms with Gasteiger partial charge in [0.25, 0.3) is 5.89 Å². The van der Waals surface area contributed by atoms with Crippen LogP contribution in [0.1, 0.15) is 4.88 Å². The van der Waals surface area contributed by atoms with Gasteiger partial charge in [0.05, 0.1) is 6.42 Å². The van der Waals surface area contributed by atoms with E-state index in [1.807, 2.05) is 72.1 Å². The summed E-state index contributed by atoms with van der Waals surface area (Å²) in [5.74, 6) is 0.897. The third-order valence-corrected chi connectivity index (χ3v) is 4.64. The van der Waals surface area contributed by atoms with Gasteiger partial charge in [-0.25, -0.2) is 0 Å². The maximum atomic E-state index is 12.2. The lowest BCUT2D eigenvalue weighted by Crippen LogP contribution is -2.13. The molecule has 6 heteroatoms. The van der Waals surface area contributed by atoms with E-state index in [9.17, 15) is 4.79 Å². The van der Waals surface area contributed by atoms with Crippen molar-refractivity contribution in [2.75, 3.05) is 5.32 Å². The molecule has 0 atom stereocenters. The Hall–Kier alpha value is -3.25. The molecule has 128 valence electrons. The lowest BCUT2D eigenvalue weighted by atomic mass is 10.2.